The lowest BCUT2D eigenvalue weighted by molar-refractivity contribution is -0.141. The summed E-state index contributed by atoms with van der Waals surface area (Å²) in [5.41, 5.74) is 0.104. The lowest BCUT2D eigenvalue weighted by Crippen LogP contribution is -2.46. The van der Waals surface area contributed by atoms with E-state index in [1.165, 1.54) is 17.2 Å². The fraction of sp³-hybridized carbons (Fsp3) is 0.450. The molecule has 0 bridgehead atoms. The summed E-state index contributed by atoms with van der Waals surface area (Å²) in [6.07, 6.45) is 5.49. The normalized spacial score (nSPS) is 24.2. The van der Waals surface area contributed by atoms with Gasteiger partial charge in [-0.2, -0.15) is 5.10 Å². The van der Waals surface area contributed by atoms with Crippen LogP contribution in [0.2, 0.25) is 0 Å². The molecule has 0 spiro atoms. The van der Waals surface area contributed by atoms with Crippen molar-refractivity contribution < 1.29 is 23.5 Å². The van der Waals surface area contributed by atoms with E-state index in [1.807, 2.05) is 0 Å². The molecule has 2 aromatic rings. The number of aromatic nitrogens is 2. The molecule has 1 aromatic heterocycles. The number of nitrogens with zero attached hydrogens (tertiary/aromatic N) is 3. The van der Waals surface area contributed by atoms with Gasteiger partial charge < -0.3 is 10.0 Å². The Labute approximate surface area is 160 Å². The Balaban J connectivity index is 1.72. The third-order valence-electron chi connectivity index (χ3n) is 5.87. The van der Waals surface area contributed by atoms with Crippen molar-refractivity contribution in [1.82, 2.24) is 14.7 Å². The number of hydrogen-bond acceptors (Lipinski definition) is 3. The minimum absolute atomic E-state index is 0.0279. The number of halogens is 2. The molecule has 1 aliphatic carbocycles. The minimum Gasteiger partial charge on any atom is -0.480 e. The molecule has 2 fully saturated rings. The molecule has 1 amide bonds. The van der Waals surface area contributed by atoms with Crippen molar-refractivity contribution in [2.24, 2.45) is 5.92 Å². The number of carboxylic acids is 1. The third kappa shape index (κ3) is 2.96. The number of benzene rings is 1. The largest absolute Gasteiger partial charge is 0.480 e. The van der Waals surface area contributed by atoms with Crippen LogP contribution >= 0.6 is 0 Å². The fourth-order valence-corrected chi connectivity index (χ4v) is 4.59. The Kier molecular flexibility index (Phi) is 4.64. The van der Waals surface area contributed by atoms with Gasteiger partial charge in [-0.25, -0.2) is 18.3 Å². The van der Waals surface area contributed by atoms with Gasteiger partial charge >= 0.3 is 5.97 Å². The van der Waals surface area contributed by atoms with E-state index in [0.717, 1.165) is 42.5 Å². The Morgan fingerprint density at radius 2 is 1.86 bits per heavy atom. The third-order valence-corrected chi connectivity index (χ3v) is 5.87. The maximum Gasteiger partial charge on any atom is 0.326 e. The second-order valence-electron chi connectivity index (χ2n) is 7.59. The van der Waals surface area contributed by atoms with Gasteiger partial charge in [-0.15, -0.1) is 0 Å². The van der Waals surface area contributed by atoms with Crippen LogP contribution in [0.15, 0.2) is 24.4 Å². The molecule has 1 saturated carbocycles. The van der Waals surface area contributed by atoms with Crippen molar-refractivity contribution in [3.05, 3.63) is 47.3 Å². The van der Waals surface area contributed by atoms with Gasteiger partial charge in [-0.3, -0.25) is 4.79 Å². The van der Waals surface area contributed by atoms with Gasteiger partial charge in [-0.1, -0.05) is 18.9 Å². The highest BCUT2D eigenvalue weighted by atomic mass is 19.1. The number of carbonyl (C=O) groups is 2. The first kappa shape index (κ1) is 18.6. The number of rotatable bonds is 3. The first-order valence-corrected chi connectivity index (χ1v) is 9.44. The monoisotopic (exact) mass is 389 g/mol. The molecule has 0 radical (unpaired) electrons. The summed E-state index contributed by atoms with van der Waals surface area (Å²) in [5, 5.41) is 13.8. The van der Waals surface area contributed by atoms with Crippen LogP contribution in [0.1, 0.15) is 48.2 Å². The van der Waals surface area contributed by atoms with Crippen molar-refractivity contribution >= 4 is 11.9 Å². The average molecular weight is 389 g/mol. The first-order valence-electron chi connectivity index (χ1n) is 9.44. The fourth-order valence-electron chi connectivity index (χ4n) is 4.59. The molecule has 2 aliphatic rings. The summed E-state index contributed by atoms with van der Waals surface area (Å²) in [4.78, 5) is 26.5. The van der Waals surface area contributed by atoms with E-state index >= 15 is 0 Å². The molecule has 8 heteroatoms. The highest BCUT2D eigenvalue weighted by Crippen LogP contribution is 2.40. The zero-order valence-electron chi connectivity index (χ0n) is 15.4. The summed E-state index contributed by atoms with van der Waals surface area (Å²) in [7, 11) is 0. The molecule has 4 rings (SSSR count). The number of amides is 1. The molecular formula is C20H21F2N3O3. The molecule has 148 valence electrons. The maximum atomic E-state index is 14.1. The number of fused-ring (bicyclic) bond motifs is 1. The predicted octanol–water partition coefficient (Wildman–Crippen LogP) is 3.32. The Bertz CT molecular complexity index is 923. The smallest absolute Gasteiger partial charge is 0.326 e. The van der Waals surface area contributed by atoms with Crippen molar-refractivity contribution in [2.45, 2.75) is 51.1 Å². The topological polar surface area (TPSA) is 75.4 Å². The number of carbonyl (C=O) groups excluding carboxylic acids is 1. The van der Waals surface area contributed by atoms with Crippen molar-refractivity contribution in [1.29, 1.82) is 0 Å². The van der Waals surface area contributed by atoms with Crippen LogP contribution < -0.4 is 0 Å². The molecule has 6 nitrogen and oxygen atoms in total. The SMILES string of the molecule is Cc1cn(-c2c(F)cccc2F)nc1C(=O)N1C(C(=O)O)CC2CCCCC21. The lowest BCUT2D eigenvalue weighted by Gasteiger charge is -2.32. The highest BCUT2D eigenvalue weighted by Gasteiger charge is 2.48. The zero-order chi connectivity index (χ0) is 20.0. The quantitative estimate of drug-likeness (QED) is 0.874. The summed E-state index contributed by atoms with van der Waals surface area (Å²) in [5.74, 6) is -2.93. The Hall–Kier alpha value is -2.77. The van der Waals surface area contributed by atoms with Gasteiger partial charge in [0, 0.05) is 17.8 Å². The van der Waals surface area contributed by atoms with Gasteiger partial charge in [-0.05, 0) is 44.2 Å². The van der Waals surface area contributed by atoms with Crippen LogP contribution in [0, 0.1) is 24.5 Å². The number of para-hydroxylation sites is 1. The Morgan fingerprint density at radius 1 is 1.18 bits per heavy atom. The van der Waals surface area contributed by atoms with E-state index in [2.05, 4.69) is 5.10 Å². The summed E-state index contributed by atoms with van der Waals surface area (Å²) in [6.45, 7) is 1.62. The second kappa shape index (κ2) is 7.00. The van der Waals surface area contributed by atoms with E-state index < -0.39 is 29.6 Å². The van der Waals surface area contributed by atoms with E-state index in [4.69, 9.17) is 0 Å². The van der Waals surface area contributed by atoms with Crippen LogP contribution in [0.25, 0.3) is 5.69 Å². The average Bonchev–Trinajstić information content (AvgIpc) is 3.22. The van der Waals surface area contributed by atoms with E-state index in [9.17, 15) is 23.5 Å². The molecular weight excluding hydrogens is 368 g/mol. The van der Waals surface area contributed by atoms with Crippen LogP contribution in [-0.4, -0.2) is 43.7 Å². The number of hydrogen-bond donors (Lipinski definition) is 1. The Morgan fingerprint density at radius 3 is 2.54 bits per heavy atom. The van der Waals surface area contributed by atoms with Crippen LogP contribution in [0.3, 0.4) is 0 Å². The molecule has 3 atom stereocenters. The zero-order valence-corrected chi connectivity index (χ0v) is 15.4. The van der Waals surface area contributed by atoms with Gasteiger partial charge in [0.2, 0.25) is 0 Å². The standard InChI is InChI=1S/C20H21F2N3O3/c1-11-10-24(18-13(21)6-4-7-14(18)22)23-17(11)19(26)25-15-8-3-2-5-12(15)9-16(25)20(27)28/h4,6-7,10,12,15-16H,2-3,5,8-9H2,1H3,(H,27,28). The van der Waals surface area contributed by atoms with Gasteiger partial charge in [0.1, 0.15) is 11.7 Å². The van der Waals surface area contributed by atoms with Gasteiger partial charge in [0.15, 0.2) is 17.3 Å². The van der Waals surface area contributed by atoms with E-state index in [1.54, 1.807) is 6.92 Å². The maximum absolute atomic E-state index is 14.1. The molecule has 3 unspecified atom stereocenters. The predicted molar refractivity (Wildman–Crippen MR) is 96.2 cm³/mol. The van der Waals surface area contributed by atoms with Crippen LogP contribution in [0.5, 0.6) is 0 Å². The first-order chi connectivity index (χ1) is 13.4. The number of likely N-dealkylation sites (tertiary alicyclic amines) is 1. The number of carboxylic acid groups (broad SMARTS) is 1. The van der Waals surface area contributed by atoms with Gasteiger partial charge in [0.05, 0.1) is 0 Å². The van der Waals surface area contributed by atoms with Crippen molar-refractivity contribution in [3.8, 4) is 5.69 Å². The van der Waals surface area contributed by atoms with Crippen molar-refractivity contribution in [2.75, 3.05) is 0 Å². The molecule has 2 heterocycles. The summed E-state index contributed by atoms with van der Waals surface area (Å²) in [6, 6.07) is 2.46. The summed E-state index contributed by atoms with van der Waals surface area (Å²) < 4.78 is 29.2. The van der Waals surface area contributed by atoms with Crippen LogP contribution in [-0.2, 0) is 4.79 Å². The molecule has 28 heavy (non-hydrogen) atoms. The summed E-state index contributed by atoms with van der Waals surface area (Å²) >= 11 is 0. The highest BCUT2D eigenvalue weighted by molar-refractivity contribution is 5.96. The molecule has 1 aliphatic heterocycles. The molecule has 1 N–H and O–H groups in total. The second-order valence-corrected chi connectivity index (χ2v) is 7.59. The van der Waals surface area contributed by atoms with E-state index in [-0.39, 0.29) is 23.3 Å². The number of aliphatic carboxylic acids is 1. The number of aryl methyl sites for hydroxylation is 1. The van der Waals surface area contributed by atoms with Gasteiger partial charge in [0.25, 0.3) is 5.91 Å². The molecule has 1 saturated heterocycles. The van der Waals surface area contributed by atoms with E-state index in [0.29, 0.717) is 12.0 Å². The minimum atomic E-state index is -1.03. The van der Waals surface area contributed by atoms with Crippen LogP contribution in [0.4, 0.5) is 8.78 Å². The molecule has 1 aromatic carbocycles. The lowest BCUT2D eigenvalue weighted by atomic mass is 9.84. The van der Waals surface area contributed by atoms with Crippen molar-refractivity contribution in [3.63, 3.8) is 0 Å².